The number of guanidine groups is 1. The Morgan fingerprint density at radius 3 is 2.83 bits per heavy atom. The fourth-order valence-electron chi connectivity index (χ4n) is 3.09. The molecule has 29 heavy (non-hydrogen) atoms. The van der Waals surface area contributed by atoms with Gasteiger partial charge in [-0.2, -0.15) is 5.10 Å². The van der Waals surface area contributed by atoms with Gasteiger partial charge in [0.25, 0.3) is 0 Å². The van der Waals surface area contributed by atoms with Gasteiger partial charge in [0.1, 0.15) is 18.9 Å². The lowest BCUT2D eigenvalue weighted by atomic mass is 10.2. The summed E-state index contributed by atoms with van der Waals surface area (Å²) < 4.78 is 7.27. The number of nitrogens with one attached hydrogen (secondary N) is 1. The van der Waals surface area contributed by atoms with Crippen LogP contribution in [0.15, 0.2) is 41.7 Å². The number of amides is 1. The summed E-state index contributed by atoms with van der Waals surface area (Å²) in [6.45, 7) is 2.24. The van der Waals surface area contributed by atoms with Gasteiger partial charge in [0.05, 0.1) is 11.9 Å². The second-order valence-electron chi connectivity index (χ2n) is 6.34. The number of terminal acetylenes is 1. The summed E-state index contributed by atoms with van der Waals surface area (Å²) in [4.78, 5) is 20.6. The maximum absolute atomic E-state index is 12.6. The van der Waals surface area contributed by atoms with E-state index in [9.17, 15) is 4.79 Å². The van der Waals surface area contributed by atoms with Crippen molar-refractivity contribution >= 4 is 41.5 Å². The summed E-state index contributed by atoms with van der Waals surface area (Å²) in [7, 11) is 3.54. The summed E-state index contributed by atoms with van der Waals surface area (Å²) in [6.07, 6.45) is 8.82. The number of hydrogen-bond donors (Lipinski definition) is 1. The van der Waals surface area contributed by atoms with Crippen LogP contribution in [-0.2, 0) is 18.4 Å². The number of piperazine rings is 1. The van der Waals surface area contributed by atoms with Gasteiger partial charge >= 0.3 is 0 Å². The van der Waals surface area contributed by atoms with Crippen molar-refractivity contribution in [3.63, 3.8) is 0 Å². The number of hydrogen-bond acceptors (Lipinski definition) is 4. The molecule has 0 spiro atoms. The monoisotopic (exact) mass is 508 g/mol. The average Bonchev–Trinajstić information content (AvgIpc) is 3.13. The molecule has 0 radical (unpaired) electrons. The molecule has 2 aromatic rings. The first kappa shape index (κ1) is 22.5. The molecular formula is C20H25IN6O2. The molecule has 2 heterocycles. The first-order valence-corrected chi connectivity index (χ1v) is 9.01. The minimum Gasteiger partial charge on any atom is -0.481 e. The van der Waals surface area contributed by atoms with Gasteiger partial charge in [0, 0.05) is 45.5 Å². The Labute approximate surface area is 187 Å². The Hall–Kier alpha value is -2.74. The molecular weight excluding hydrogens is 483 g/mol. The number of carbonyl (C=O) groups is 1. The van der Waals surface area contributed by atoms with E-state index in [2.05, 4.69) is 21.3 Å². The Kier molecular flexibility index (Phi) is 8.33. The van der Waals surface area contributed by atoms with Crippen molar-refractivity contribution in [2.45, 2.75) is 6.54 Å². The van der Waals surface area contributed by atoms with Gasteiger partial charge in [-0.25, -0.2) is 0 Å². The third-order valence-electron chi connectivity index (χ3n) is 4.46. The third kappa shape index (κ3) is 5.63. The minimum atomic E-state index is 0. The van der Waals surface area contributed by atoms with Crippen LogP contribution < -0.4 is 15.0 Å². The van der Waals surface area contributed by atoms with Crippen molar-refractivity contribution in [1.82, 2.24) is 20.0 Å². The van der Waals surface area contributed by atoms with E-state index in [1.807, 2.05) is 42.4 Å². The summed E-state index contributed by atoms with van der Waals surface area (Å²) >= 11 is 0. The minimum absolute atomic E-state index is 0. The molecule has 1 amide bonds. The Bertz CT molecular complexity index is 904. The highest BCUT2D eigenvalue weighted by atomic mass is 127. The zero-order valence-corrected chi connectivity index (χ0v) is 18.9. The van der Waals surface area contributed by atoms with E-state index in [-0.39, 0.29) is 43.0 Å². The molecule has 0 saturated carbocycles. The maximum Gasteiger partial charge on any atom is 0.246 e. The van der Waals surface area contributed by atoms with Crippen molar-refractivity contribution in [2.24, 2.45) is 12.0 Å². The van der Waals surface area contributed by atoms with Crippen molar-refractivity contribution in [2.75, 3.05) is 38.2 Å². The van der Waals surface area contributed by atoms with Gasteiger partial charge in [-0.3, -0.25) is 14.5 Å². The van der Waals surface area contributed by atoms with Gasteiger partial charge in [-0.05, 0) is 6.07 Å². The van der Waals surface area contributed by atoms with E-state index < -0.39 is 0 Å². The molecule has 1 aliphatic rings. The van der Waals surface area contributed by atoms with Gasteiger partial charge in [-0.1, -0.05) is 24.1 Å². The second-order valence-corrected chi connectivity index (χ2v) is 6.34. The molecule has 0 bridgehead atoms. The summed E-state index contributed by atoms with van der Waals surface area (Å²) in [6, 6.07) is 7.70. The van der Waals surface area contributed by atoms with Crippen molar-refractivity contribution < 1.29 is 9.53 Å². The maximum atomic E-state index is 12.6. The Morgan fingerprint density at radius 2 is 2.17 bits per heavy atom. The number of anilines is 1. The molecule has 1 N–H and O–H groups in total. The fourth-order valence-corrected chi connectivity index (χ4v) is 3.09. The number of nitrogens with zero attached hydrogens (tertiary/aromatic N) is 5. The topological polar surface area (TPSA) is 75.0 Å². The molecule has 8 nitrogen and oxygen atoms in total. The number of aliphatic imine (C=N–C) groups is 1. The van der Waals surface area contributed by atoms with Crippen LogP contribution in [0.5, 0.6) is 5.75 Å². The van der Waals surface area contributed by atoms with Gasteiger partial charge < -0.3 is 19.9 Å². The van der Waals surface area contributed by atoms with E-state index in [0.29, 0.717) is 25.6 Å². The van der Waals surface area contributed by atoms with Crippen LogP contribution >= 0.6 is 24.0 Å². The lowest BCUT2D eigenvalue weighted by Gasteiger charge is -2.35. The van der Waals surface area contributed by atoms with Gasteiger partial charge in [0.15, 0.2) is 5.96 Å². The number of halogens is 1. The van der Waals surface area contributed by atoms with Crippen molar-refractivity contribution in [1.29, 1.82) is 0 Å². The van der Waals surface area contributed by atoms with Crippen LogP contribution in [0.4, 0.5) is 5.69 Å². The van der Waals surface area contributed by atoms with Crippen LogP contribution in [-0.4, -0.2) is 59.8 Å². The normalized spacial score (nSPS) is 14.2. The summed E-state index contributed by atoms with van der Waals surface area (Å²) in [5, 5.41) is 7.45. The number of carbonyl (C=O) groups excluding carboxylic acids is 1. The number of ether oxygens (including phenoxy) is 1. The largest absolute Gasteiger partial charge is 0.481 e. The number of rotatable bonds is 5. The highest BCUT2D eigenvalue weighted by Crippen LogP contribution is 2.18. The lowest BCUT2D eigenvalue weighted by molar-refractivity contribution is -0.120. The lowest BCUT2D eigenvalue weighted by Crippen LogP contribution is -2.55. The van der Waals surface area contributed by atoms with Crippen LogP contribution in [0.1, 0.15) is 5.56 Å². The van der Waals surface area contributed by atoms with Gasteiger partial charge in [-0.15, -0.1) is 30.4 Å². The smallest absolute Gasteiger partial charge is 0.246 e. The van der Waals surface area contributed by atoms with E-state index in [1.165, 1.54) is 0 Å². The molecule has 1 aromatic heterocycles. The first-order valence-electron chi connectivity index (χ1n) is 9.01. The Morgan fingerprint density at radius 1 is 1.38 bits per heavy atom. The predicted octanol–water partition coefficient (Wildman–Crippen LogP) is 1.47. The quantitative estimate of drug-likeness (QED) is 0.287. The second kappa shape index (κ2) is 10.7. The number of aryl methyl sites for hydroxylation is 1. The van der Waals surface area contributed by atoms with Crippen LogP contribution in [0.2, 0.25) is 0 Å². The highest BCUT2D eigenvalue weighted by Gasteiger charge is 2.27. The average molecular weight is 508 g/mol. The molecule has 3 rings (SSSR count). The van der Waals surface area contributed by atoms with Crippen molar-refractivity contribution in [3.8, 4) is 18.1 Å². The van der Waals surface area contributed by atoms with Crippen LogP contribution in [0.25, 0.3) is 0 Å². The molecule has 1 saturated heterocycles. The van der Waals surface area contributed by atoms with E-state index in [0.717, 1.165) is 17.0 Å². The molecule has 9 heteroatoms. The summed E-state index contributed by atoms with van der Waals surface area (Å²) in [5.74, 6) is 3.90. The van der Waals surface area contributed by atoms with E-state index in [4.69, 9.17) is 11.2 Å². The molecule has 1 aromatic carbocycles. The van der Waals surface area contributed by atoms with E-state index in [1.54, 1.807) is 22.8 Å². The molecule has 1 fully saturated rings. The van der Waals surface area contributed by atoms with Crippen molar-refractivity contribution in [3.05, 3.63) is 42.2 Å². The van der Waals surface area contributed by atoms with E-state index >= 15 is 0 Å². The molecule has 0 atom stereocenters. The zero-order valence-electron chi connectivity index (χ0n) is 16.5. The first-order chi connectivity index (χ1) is 13.6. The zero-order chi connectivity index (χ0) is 19.9. The third-order valence-corrected chi connectivity index (χ3v) is 4.46. The number of aromatic nitrogens is 2. The standard InChI is InChI=1S/C20H24N6O2.HI/c1-4-11-28-18-8-6-5-7-16(18)12-22-20(21-2)25-9-10-26(19(27)15-25)17-13-23-24(3)14-17;/h1,5-8,13-14H,9-12,15H2,2-3H3,(H,21,22);1H. The number of para-hydroxylation sites is 1. The highest BCUT2D eigenvalue weighted by molar-refractivity contribution is 14.0. The van der Waals surface area contributed by atoms with Gasteiger partial charge in [0.2, 0.25) is 5.91 Å². The summed E-state index contributed by atoms with van der Waals surface area (Å²) in [5.41, 5.74) is 1.79. The van der Waals surface area contributed by atoms with Crippen LogP contribution in [0.3, 0.4) is 0 Å². The Balaban J connectivity index is 0.00000300. The number of benzene rings is 1. The SMILES string of the molecule is C#CCOc1ccccc1CNC(=NC)N1CCN(c2cnn(C)c2)C(=O)C1.I. The molecule has 0 aliphatic carbocycles. The van der Waals surface area contributed by atoms with Crippen LogP contribution in [0, 0.1) is 12.3 Å². The molecule has 1 aliphatic heterocycles. The molecule has 0 unspecified atom stereocenters. The predicted molar refractivity (Wildman–Crippen MR) is 124 cm³/mol. The molecule has 154 valence electrons. The fraction of sp³-hybridized carbons (Fsp3) is 0.350.